The molecule has 2 rings (SSSR count). The fraction of sp³-hybridized carbons (Fsp3) is 0.700. The van der Waals surface area contributed by atoms with E-state index in [1.807, 2.05) is 12.3 Å². The van der Waals surface area contributed by atoms with Crippen molar-refractivity contribution in [3.8, 4) is 0 Å². The number of hydrogen-bond acceptors (Lipinski definition) is 6. The maximum atomic E-state index is 5.49. The molecule has 166 valence electrons. The third-order valence-electron chi connectivity index (χ3n) is 4.61. The molecule has 0 atom stereocenters. The van der Waals surface area contributed by atoms with Gasteiger partial charge < -0.3 is 29.9 Å². The van der Waals surface area contributed by atoms with Crippen molar-refractivity contribution >= 4 is 35.8 Å². The minimum atomic E-state index is 0. The van der Waals surface area contributed by atoms with Crippen molar-refractivity contribution in [1.82, 2.24) is 20.5 Å². The van der Waals surface area contributed by atoms with Crippen LogP contribution in [0.25, 0.3) is 0 Å². The molecule has 2 heterocycles. The third-order valence-corrected chi connectivity index (χ3v) is 4.61. The standard InChI is InChI=1S/C20H36N6O2.HI/c1-4-21-20(23-9-6-14-28-16-15-27-3)24-17-18-7-5-8-22-19(18)26-12-10-25(2)11-13-26;/h5,7-8H,4,6,9-17H2,1-3H3,(H2,21,23,24);1H. The number of rotatable bonds is 11. The van der Waals surface area contributed by atoms with Gasteiger partial charge in [-0.05, 0) is 26.5 Å². The minimum absolute atomic E-state index is 0. The summed E-state index contributed by atoms with van der Waals surface area (Å²) in [5, 5.41) is 6.68. The van der Waals surface area contributed by atoms with Crippen molar-refractivity contribution < 1.29 is 9.47 Å². The van der Waals surface area contributed by atoms with E-state index in [9.17, 15) is 0 Å². The van der Waals surface area contributed by atoms with Gasteiger partial charge in [0.2, 0.25) is 0 Å². The van der Waals surface area contributed by atoms with Gasteiger partial charge >= 0.3 is 0 Å². The molecule has 0 radical (unpaired) electrons. The van der Waals surface area contributed by atoms with Crippen LogP contribution in [0.4, 0.5) is 5.82 Å². The maximum Gasteiger partial charge on any atom is 0.191 e. The molecule has 0 unspecified atom stereocenters. The molecule has 0 amide bonds. The second-order valence-corrected chi connectivity index (χ2v) is 6.86. The van der Waals surface area contributed by atoms with Crippen LogP contribution in [0.5, 0.6) is 0 Å². The summed E-state index contributed by atoms with van der Waals surface area (Å²) in [6.45, 7) is 10.5. The quantitative estimate of drug-likeness (QED) is 0.199. The number of hydrogen-bond donors (Lipinski definition) is 2. The van der Waals surface area contributed by atoms with E-state index >= 15 is 0 Å². The van der Waals surface area contributed by atoms with E-state index in [4.69, 9.17) is 14.5 Å². The number of aromatic nitrogens is 1. The second kappa shape index (κ2) is 15.6. The maximum absolute atomic E-state index is 5.49. The van der Waals surface area contributed by atoms with Gasteiger partial charge in [0.05, 0.1) is 19.8 Å². The van der Waals surface area contributed by atoms with Crippen LogP contribution in [0.15, 0.2) is 23.3 Å². The van der Waals surface area contributed by atoms with E-state index in [1.54, 1.807) is 7.11 Å². The fourth-order valence-electron chi connectivity index (χ4n) is 2.99. The summed E-state index contributed by atoms with van der Waals surface area (Å²) in [6.07, 6.45) is 2.79. The van der Waals surface area contributed by atoms with Crippen LogP contribution in [0.3, 0.4) is 0 Å². The molecule has 1 aliphatic rings. The summed E-state index contributed by atoms with van der Waals surface area (Å²) < 4.78 is 10.5. The predicted molar refractivity (Wildman–Crippen MR) is 129 cm³/mol. The molecule has 8 nitrogen and oxygen atoms in total. The first-order valence-corrected chi connectivity index (χ1v) is 10.2. The van der Waals surface area contributed by atoms with Crippen LogP contribution < -0.4 is 15.5 Å². The third kappa shape index (κ3) is 9.92. The van der Waals surface area contributed by atoms with Crippen LogP contribution in [-0.2, 0) is 16.0 Å². The number of halogens is 1. The molecule has 29 heavy (non-hydrogen) atoms. The Balaban J connectivity index is 0.00000420. The number of piperazine rings is 1. The Labute approximate surface area is 192 Å². The van der Waals surface area contributed by atoms with Gasteiger partial charge in [0.15, 0.2) is 5.96 Å². The molecule has 2 N–H and O–H groups in total. The first-order chi connectivity index (χ1) is 13.7. The van der Waals surface area contributed by atoms with Gasteiger partial charge in [0.25, 0.3) is 0 Å². The molecule has 0 aromatic carbocycles. The molecule has 0 bridgehead atoms. The Morgan fingerprint density at radius 3 is 2.69 bits per heavy atom. The van der Waals surface area contributed by atoms with Crippen LogP contribution in [0.1, 0.15) is 18.9 Å². The van der Waals surface area contributed by atoms with E-state index in [1.165, 1.54) is 0 Å². The first-order valence-electron chi connectivity index (χ1n) is 10.2. The number of pyridine rings is 1. The summed E-state index contributed by atoms with van der Waals surface area (Å²) in [5.74, 6) is 1.88. The number of nitrogens with one attached hydrogen (secondary N) is 2. The Kier molecular flexibility index (Phi) is 14.0. The highest BCUT2D eigenvalue weighted by molar-refractivity contribution is 14.0. The lowest BCUT2D eigenvalue weighted by atomic mass is 10.2. The highest BCUT2D eigenvalue weighted by atomic mass is 127. The van der Waals surface area contributed by atoms with Gasteiger partial charge in [-0.2, -0.15) is 0 Å². The number of aliphatic imine (C=N–C) groups is 1. The van der Waals surface area contributed by atoms with Crippen molar-refractivity contribution in [2.75, 3.05) is 78.1 Å². The summed E-state index contributed by atoms with van der Waals surface area (Å²) >= 11 is 0. The van der Waals surface area contributed by atoms with Crippen LogP contribution in [0, 0.1) is 0 Å². The lowest BCUT2D eigenvalue weighted by molar-refractivity contribution is 0.0698. The Hall–Kier alpha value is -1.17. The molecule has 1 aromatic rings. The highest BCUT2D eigenvalue weighted by Gasteiger charge is 2.17. The summed E-state index contributed by atoms with van der Waals surface area (Å²) in [7, 11) is 3.85. The topological polar surface area (TPSA) is 74.3 Å². The molecule has 0 saturated carbocycles. The van der Waals surface area contributed by atoms with Crippen LogP contribution >= 0.6 is 24.0 Å². The highest BCUT2D eigenvalue weighted by Crippen LogP contribution is 2.19. The van der Waals surface area contributed by atoms with E-state index in [0.29, 0.717) is 26.4 Å². The normalized spacial score (nSPS) is 15.1. The van der Waals surface area contributed by atoms with E-state index < -0.39 is 0 Å². The molecule has 0 aliphatic carbocycles. The van der Waals surface area contributed by atoms with E-state index in [2.05, 4.69) is 45.5 Å². The summed E-state index contributed by atoms with van der Waals surface area (Å²) in [6, 6.07) is 4.11. The Bertz CT molecular complexity index is 582. The van der Waals surface area contributed by atoms with Gasteiger partial charge in [-0.1, -0.05) is 6.07 Å². The van der Waals surface area contributed by atoms with Gasteiger partial charge in [-0.3, -0.25) is 0 Å². The fourth-order valence-corrected chi connectivity index (χ4v) is 2.99. The molecule has 1 fully saturated rings. The SMILES string of the molecule is CCNC(=NCc1cccnc1N1CCN(C)CC1)NCCCOCCOC.I. The summed E-state index contributed by atoms with van der Waals surface area (Å²) in [5.41, 5.74) is 1.16. The van der Waals surface area contributed by atoms with Crippen molar-refractivity contribution in [2.45, 2.75) is 19.9 Å². The van der Waals surface area contributed by atoms with Gasteiger partial charge in [-0.15, -0.1) is 24.0 Å². The van der Waals surface area contributed by atoms with Crippen molar-refractivity contribution in [3.05, 3.63) is 23.9 Å². The van der Waals surface area contributed by atoms with Crippen LogP contribution in [-0.4, -0.2) is 89.1 Å². The molecule has 0 spiro atoms. The molecule has 1 aliphatic heterocycles. The Morgan fingerprint density at radius 1 is 1.17 bits per heavy atom. The number of guanidine groups is 1. The van der Waals surface area contributed by atoms with Crippen LogP contribution in [0.2, 0.25) is 0 Å². The largest absolute Gasteiger partial charge is 0.382 e. The number of nitrogens with zero attached hydrogens (tertiary/aromatic N) is 4. The molecular weight excluding hydrogens is 483 g/mol. The zero-order valence-corrected chi connectivity index (χ0v) is 20.4. The van der Waals surface area contributed by atoms with E-state index in [-0.39, 0.29) is 24.0 Å². The molecule has 1 aromatic heterocycles. The smallest absolute Gasteiger partial charge is 0.191 e. The van der Waals surface area contributed by atoms with Gasteiger partial charge in [0, 0.05) is 64.7 Å². The van der Waals surface area contributed by atoms with Gasteiger partial charge in [0.1, 0.15) is 5.82 Å². The zero-order valence-electron chi connectivity index (χ0n) is 18.0. The average Bonchev–Trinajstić information content (AvgIpc) is 2.72. The van der Waals surface area contributed by atoms with Gasteiger partial charge in [-0.25, -0.2) is 9.98 Å². The second-order valence-electron chi connectivity index (χ2n) is 6.86. The molecule has 1 saturated heterocycles. The predicted octanol–water partition coefficient (Wildman–Crippen LogP) is 1.56. The molecule has 9 heteroatoms. The number of likely N-dealkylation sites (N-methyl/N-ethyl adjacent to an activating group) is 1. The minimum Gasteiger partial charge on any atom is -0.382 e. The van der Waals surface area contributed by atoms with Crippen molar-refractivity contribution in [2.24, 2.45) is 4.99 Å². The lowest BCUT2D eigenvalue weighted by Crippen LogP contribution is -2.45. The lowest BCUT2D eigenvalue weighted by Gasteiger charge is -2.34. The average molecular weight is 520 g/mol. The van der Waals surface area contributed by atoms with Crippen molar-refractivity contribution in [1.29, 1.82) is 0 Å². The summed E-state index contributed by atoms with van der Waals surface area (Å²) in [4.78, 5) is 14.1. The van der Waals surface area contributed by atoms with E-state index in [0.717, 1.165) is 63.0 Å². The number of methoxy groups -OCH3 is 1. The molecular formula is C20H37IN6O2. The zero-order chi connectivity index (χ0) is 20.0. The Morgan fingerprint density at radius 2 is 1.97 bits per heavy atom. The number of anilines is 1. The number of ether oxygens (including phenoxy) is 2. The monoisotopic (exact) mass is 520 g/mol. The van der Waals surface area contributed by atoms with Crippen molar-refractivity contribution in [3.63, 3.8) is 0 Å². The first kappa shape index (κ1) is 25.9.